The van der Waals surface area contributed by atoms with Gasteiger partial charge in [-0.05, 0) is 12.8 Å². The van der Waals surface area contributed by atoms with Gasteiger partial charge in [-0.15, -0.1) is 0 Å². The molecule has 0 bridgehead atoms. The minimum atomic E-state index is 0.804. The van der Waals surface area contributed by atoms with Gasteiger partial charge in [0, 0.05) is 39.3 Å². The summed E-state index contributed by atoms with van der Waals surface area (Å²) in [5.41, 5.74) is 2.82. The van der Waals surface area contributed by atoms with Crippen LogP contribution in [-0.2, 0) is 7.05 Å². The third-order valence-corrected chi connectivity index (χ3v) is 5.28. The lowest BCUT2D eigenvalue weighted by Crippen LogP contribution is -2.25. The molecule has 3 aromatic heterocycles. The van der Waals surface area contributed by atoms with Gasteiger partial charge in [-0.2, -0.15) is 0 Å². The van der Waals surface area contributed by atoms with Crippen LogP contribution in [0.2, 0.25) is 0 Å². The molecule has 0 atom stereocenters. The Kier molecular flexibility index (Phi) is 4.83. The van der Waals surface area contributed by atoms with Crippen molar-refractivity contribution in [2.75, 3.05) is 37.0 Å². The molecule has 1 aliphatic rings. The van der Waals surface area contributed by atoms with Crippen LogP contribution in [0.4, 0.5) is 17.3 Å². The average molecular weight is 366 g/mol. The first-order valence-corrected chi connectivity index (χ1v) is 9.47. The van der Waals surface area contributed by atoms with Crippen LogP contribution in [0.3, 0.4) is 0 Å². The lowest BCUT2D eigenvalue weighted by atomic mass is 10.2. The van der Waals surface area contributed by atoms with Gasteiger partial charge in [-0.3, -0.25) is 0 Å². The maximum Gasteiger partial charge on any atom is 0.147 e. The maximum atomic E-state index is 5.69. The summed E-state index contributed by atoms with van der Waals surface area (Å²) < 4.78 is 7.69. The molecule has 0 radical (unpaired) electrons. The van der Waals surface area contributed by atoms with Crippen LogP contribution in [0.1, 0.15) is 25.7 Å². The number of pyridine rings is 2. The van der Waals surface area contributed by atoms with Gasteiger partial charge in [0.05, 0.1) is 31.3 Å². The molecule has 1 aliphatic heterocycles. The van der Waals surface area contributed by atoms with E-state index in [2.05, 4.69) is 14.9 Å². The minimum absolute atomic E-state index is 0.804. The van der Waals surface area contributed by atoms with E-state index < -0.39 is 0 Å². The number of fused-ring (bicyclic) bond motifs is 1. The second-order valence-electron chi connectivity index (χ2n) is 7.06. The van der Waals surface area contributed by atoms with E-state index in [9.17, 15) is 0 Å². The van der Waals surface area contributed by atoms with Gasteiger partial charge >= 0.3 is 0 Å². The standard InChI is InChI=1S/C20H26N6O/c1-24-14-23-15-12-21-19(10-16(15)24)25(2)17-13-22-20(11-18(17)27-3)26-8-6-4-5-7-9-26/h10-14H,4-9H2,1-3H3. The van der Waals surface area contributed by atoms with Crippen LogP contribution in [0.25, 0.3) is 11.0 Å². The summed E-state index contributed by atoms with van der Waals surface area (Å²) in [6, 6.07) is 4.07. The predicted octanol–water partition coefficient (Wildman–Crippen LogP) is 3.52. The maximum absolute atomic E-state index is 5.69. The fraction of sp³-hybridized carbons (Fsp3) is 0.450. The molecule has 7 nitrogen and oxygen atoms in total. The zero-order chi connectivity index (χ0) is 18.8. The highest BCUT2D eigenvalue weighted by Crippen LogP contribution is 2.34. The number of imidazole rings is 1. The molecule has 4 rings (SSSR count). The first kappa shape index (κ1) is 17.6. The summed E-state index contributed by atoms with van der Waals surface area (Å²) in [5, 5.41) is 0. The highest BCUT2D eigenvalue weighted by atomic mass is 16.5. The zero-order valence-electron chi connectivity index (χ0n) is 16.2. The Labute approximate surface area is 159 Å². The van der Waals surface area contributed by atoms with Crippen molar-refractivity contribution in [2.24, 2.45) is 7.05 Å². The minimum Gasteiger partial charge on any atom is -0.494 e. The molecule has 0 spiro atoms. The topological polar surface area (TPSA) is 59.3 Å². The fourth-order valence-corrected chi connectivity index (χ4v) is 3.63. The molecule has 0 aromatic carbocycles. The second kappa shape index (κ2) is 7.42. The van der Waals surface area contributed by atoms with Gasteiger partial charge in [-0.25, -0.2) is 15.0 Å². The zero-order valence-corrected chi connectivity index (χ0v) is 16.2. The molecule has 3 aromatic rings. The Morgan fingerprint density at radius 2 is 1.78 bits per heavy atom. The van der Waals surface area contributed by atoms with Crippen LogP contribution in [0.5, 0.6) is 5.75 Å². The molecule has 0 unspecified atom stereocenters. The van der Waals surface area contributed by atoms with Crippen molar-refractivity contribution in [3.63, 3.8) is 0 Å². The summed E-state index contributed by atoms with van der Waals surface area (Å²) in [6.45, 7) is 2.12. The summed E-state index contributed by atoms with van der Waals surface area (Å²) in [7, 11) is 5.67. The van der Waals surface area contributed by atoms with Crippen LogP contribution < -0.4 is 14.5 Å². The van der Waals surface area contributed by atoms with E-state index in [0.29, 0.717) is 0 Å². The fourth-order valence-electron chi connectivity index (χ4n) is 3.63. The summed E-state index contributed by atoms with van der Waals surface area (Å²) >= 11 is 0. The van der Waals surface area contributed by atoms with Crippen LogP contribution in [-0.4, -0.2) is 46.8 Å². The number of aromatic nitrogens is 4. The van der Waals surface area contributed by atoms with Gasteiger partial charge in [0.15, 0.2) is 0 Å². The Morgan fingerprint density at radius 1 is 1.00 bits per heavy atom. The summed E-state index contributed by atoms with van der Waals surface area (Å²) in [5.74, 6) is 2.62. The van der Waals surface area contributed by atoms with Crippen LogP contribution in [0, 0.1) is 0 Å². The van der Waals surface area contributed by atoms with Crippen molar-refractivity contribution in [2.45, 2.75) is 25.7 Å². The molecule has 27 heavy (non-hydrogen) atoms. The van der Waals surface area contributed by atoms with Crippen LogP contribution in [0.15, 0.2) is 30.9 Å². The highest BCUT2D eigenvalue weighted by molar-refractivity contribution is 5.79. The van der Waals surface area contributed by atoms with Crippen LogP contribution >= 0.6 is 0 Å². The first-order valence-electron chi connectivity index (χ1n) is 9.47. The van der Waals surface area contributed by atoms with E-state index in [1.807, 2.05) is 41.9 Å². The number of rotatable bonds is 4. The second-order valence-corrected chi connectivity index (χ2v) is 7.06. The quantitative estimate of drug-likeness (QED) is 0.704. The van der Waals surface area contributed by atoms with Crippen molar-refractivity contribution in [1.29, 1.82) is 0 Å². The molecule has 0 amide bonds. The Morgan fingerprint density at radius 3 is 2.52 bits per heavy atom. The molecular weight excluding hydrogens is 340 g/mol. The number of anilines is 3. The smallest absolute Gasteiger partial charge is 0.147 e. The Balaban J connectivity index is 1.65. The van der Waals surface area contributed by atoms with E-state index in [4.69, 9.17) is 9.72 Å². The molecule has 7 heteroatoms. The highest BCUT2D eigenvalue weighted by Gasteiger charge is 2.17. The molecular formula is C20H26N6O. The van der Waals surface area contributed by atoms with Gasteiger partial charge in [0.2, 0.25) is 0 Å². The lowest BCUT2D eigenvalue weighted by molar-refractivity contribution is 0.415. The van der Waals surface area contributed by atoms with Crippen molar-refractivity contribution >= 4 is 28.4 Å². The predicted molar refractivity (Wildman–Crippen MR) is 108 cm³/mol. The third kappa shape index (κ3) is 3.41. The van der Waals surface area contributed by atoms with E-state index >= 15 is 0 Å². The Bertz CT molecular complexity index is 929. The molecule has 1 saturated heterocycles. The third-order valence-electron chi connectivity index (χ3n) is 5.28. The summed E-state index contributed by atoms with van der Waals surface area (Å²) in [4.78, 5) is 18.0. The van der Waals surface area contributed by atoms with Crippen molar-refractivity contribution in [3.05, 3.63) is 30.9 Å². The molecule has 4 heterocycles. The first-order chi connectivity index (χ1) is 13.2. The van der Waals surface area contributed by atoms with Crippen molar-refractivity contribution in [3.8, 4) is 5.75 Å². The number of ether oxygens (including phenoxy) is 1. The molecule has 142 valence electrons. The van der Waals surface area contributed by atoms with Gasteiger partial charge < -0.3 is 19.1 Å². The number of nitrogens with zero attached hydrogens (tertiary/aromatic N) is 6. The number of hydrogen-bond acceptors (Lipinski definition) is 6. The molecule has 0 saturated carbocycles. The molecule has 0 N–H and O–H groups in total. The van der Waals surface area contributed by atoms with Gasteiger partial charge in [-0.1, -0.05) is 12.8 Å². The van der Waals surface area contributed by atoms with Crippen molar-refractivity contribution < 1.29 is 4.74 Å². The molecule has 1 fully saturated rings. The average Bonchev–Trinajstić information content (AvgIpc) is 2.90. The van der Waals surface area contributed by atoms with E-state index in [-0.39, 0.29) is 0 Å². The van der Waals surface area contributed by atoms with E-state index in [1.165, 1.54) is 25.7 Å². The Hall–Kier alpha value is -2.83. The van der Waals surface area contributed by atoms with Gasteiger partial charge in [0.25, 0.3) is 0 Å². The lowest BCUT2D eigenvalue weighted by Gasteiger charge is -2.25. The summed E-state index contributed by atoms with van der Waals surface area (Å²) in [6.07, 6.45) is 10.5. The molecule has 0 aliphatic carbocycles. The van der Waals surface area contributed by atoms with E-state index in [1.54, 1.807) is 19.6 Å². The normalized spacial score (nSPS) is 15.0. The largest absolute Gasteiger partial charge is 0.494 e. The number of methoxy groups -OCH3 is 1. The SMILES string of the molecule is COc1cc(N2CCCCCC2)ncc1N(C)c1cc2c(cn1)ncn2C. The monoisotopic (exact) mass is 366 g/mol. The van der Waals surface area contributed by atoms with Gasteiger partial charge in [0.1, 0.15) is 28.6 Å². The van der Waals surface area contributed by atoms with Crippen molar-refractivity contribution in [1.82, 2.24) is 19.5 Å². The van der Waals surface area contributed by atoms with E-state index in [0.717, 1.165) is 47.2 Å². The number of hydrogen-bond donors (Lipinski definition) is 0. The number of aryl methyl sites for hydroxylation is 1.